The Morgan fingerprint density at radius 1 is 0.628 bits per heavy atom. The van der Waals surface area contributed by atoms with Crippen LogP contribution in [0.4, 0.5) is 0 Å². The molecule has 0 aliphatic rings. The molecule has 0 aliphatic carbocycles. The molecule has 0 spiro atoms. The number of phosphoric acid groups is 1. The molecule has 0 aromatic carbocycles. The highest BCUT2D eigenvalue weighted by atomic mass is 31.2. The van der Waals surface area contributed by atoms with Gasteiger partial charge in [0.2, 0.25) is 0 Å². The van der Waals surface area contributed by atoms with E-state index in [0.29, 0.717) is 24.1 Å². The van der Waals surface area contributed by atoms with Gasteiger partial charge in [0.25, 0.3) is 7.82 Å². The minimum Gasteiger partial charge on any atom is -0.756 e. The Hall–Kier alpha value is -0.500. The van der Waals surface area contributed by atoms with E-state index in [9.17, 15) is 14.3 Å². The third kappa shape index (κ3) is 32.7. The number of ether oxygens (including phenoxy) is 2. The average Bonchev–Trinajstić information content (AvgIpc) is 2.94. The average molecular weight is 636 g/mol. The first kappa shape index (κ1) is 42.5. The van der Waals surface area contributed by atoms with Crippen LogP contribution in [0.5, 0.6) is 0 Å². The SMILES string of the molecule is CCCCCCCCCCCCCCCCC(=O)OC(COCCCCCCCCC)COP(=O)([O-])OCC[N+](C)(C)C. The third-order valence-corrected chi connectivity index (χ3v) is 8.62. The Morgan fingerprint density at radius 2 is 1.07 bits per heavy atom. The second-order valence-corrected chi connectivity index (χ2v) is 14.7. The van der Waals surface area contributed by atoms with Crippen LogP contribution in [-0.2, 0) is 27.9 Å². The van der Waals surface area contributed by atoms with Gasteiger partial charge < -0.3 is 27.9 Å². The van der Waals surface area contributed by atoms with Gasteiger partial charge in [-0.25, -0.2) is 0 Å². The van der Waals surface area contributed by atoms with E-state index in [1.807, 2.05) is 21.1 Å². The van der Waals surface area contributed by atoms with Crippen molar-refractivity contribution in [2.24, 2.45) is 0 Å². The summed E-state index contributed by atoms with van der Waals surface area (Å²) in [5, 5.41) is 0. The molecule has 0 heterocycles. The minimum atomic E-state index is -4.50. The van der Waals surface area contributed by atoms with Gasteiger partial charge in [-0.15, -0.1) is 0 Å². The number of rotatable bonds is 33. The number of quaternary nitrogens is 1. The normalized spacial score (nSPS) is 14.1. The van der Waals surface area contributed by atoms with Gasteiger partial charge in [0.15, 0.2) is 0 Å². The third-order valence-electron chi connectivity index (χ3n) is 7.66. The lowest BCUT2D eigenvalue weighted by Gasteiger charge is -2.28. The first-order valence-corrected chi connectivity index (χ1v) is 19.2. The maximum absolute atomic E-state index is 12.5. The Kier molecular flexibility index (Phi) is 28.6. The van der Waals surface area contributed by atoms with E-state index in [2.05, 4.69) is 13.8 Å². The van der Waals surface area contributed by atoms with Gasteiger partial charge in [0.05, 0.1) is 34.4 Å². The van der Waals surface area contributed by atoms with Gasteiger partial charge in [-0.05, 0) is 12.8 Å². The van der Waals surface area contributed by atoms with Crippen LogP contribution < -0.4 is 4.89 Å². The van der Waals surface area contributed by atoms with Crippen LogP contribution in [0.3, 0.4) is 0 Å². The fraction of sp³-hybridized carbons (Fsp3) is 0.971. The number of nitrogens with zero attached hydrogens (tertiary/aromatic N) is 1. The molecule has 0 saturated heterocycles. The largest absolute Gasteiger partial charge is 0.756 e. The lowest BCUT2D eigenvalue weighted by Crippen LogP contribution is -2.37. The molecule has 258 valence electrons. The number of hydrogen-bond donors (Lipinski definition) is 0. The van der Waals surface area contributed by atoms with E-state index in [1.54, 1.807) is 0 Å². The van der Waals surface area contributed by atoms with Gasteiger partial charge in [0, 0.05) is 13.0 Å². The number of hydrogen-bond acceptors (Lipinski definition) is 7. The zero-order valence-electron chi connectivity index (χ0n) is 28.9. The molecule has 2 unspecified atom stereocenters. The molecule has 9 heteroatoms. The molecule has 43 heavy (non-hydrogen) atoms. The van der Waals surface area contributed by atoms with Crippen molar-refractivity contribution in [3.05, 3.63) is 0 Å². The van der Waals surface area contributed by atoms with Gasteiger partial charge in [-0.1, -0.05) is 136 Å². The molecule has 8 nitrogen and oxygen atoms in total. The maximum atomic E-state index is 12.5. The van der Waals surface area contributed by atoms with Gasteiger partial charge >= 0.3 is 5.97 Å². The first-order valence-electron chi connectivity index (χ1n) is 17.8. The molecule has 0 bridgehead atoms. The Bertz CT molecular complexity index is 672. The number of likely N-dealkylation sites (N-methyl/N-ethyl adjacent to an activating group) is 1. The van der Waals surface area contributed by atoms with Crippen LogP contribution >= 0.6 is 7.82 Å². The van der Waals surface area contributed by atoms with E-state index in [4.69, 9.17) is 18.5 Å². The highest BCUT2D eigenvalue weighted by Crippen LogP contribution is 2.38. The zero-order valence-corrected chi connectivity index (χ0v) is 29.8. The second-order valence-electron chi connectivity index (χ2n) is 13.2. The monoisotopic (exact) mass is 635 g/mol. The van der Waals surface area contributed by atoms with Crippen molar-refractivity contribution in [2.45, 2.75) is 161 Å². The lowest BCUT2D eigenvalue weighted by atomic mass is 10.0. The number of carbonyl (C=O) groups excluding carboxylic acids is 1. The van der Waals surface area contributed by atoms with Crippen molar-refractivity contribution in [3.63, 3.8) is 0 Å². The molecule has 0 rings (SSSR count). The van der Waals surface area contributed by atoms with E-state index in [1.165, 1.54) is 103 Å². The van der Waals surface area contributed by atoms with Gasteiger partial charge in [-0.2, -0.15) is 0 Å². The first-order chi connectivity index (χ1) is 20.6. The summed E-state index contributed by atoms with van der Waals surface area (Å²) >= 11 is 0. The lowest BCUT2D eigenvalue weighted by molar-refractivity contribution is -0.870. The summed E-state index contributed by atoms with van der Waals surface area (Å²) in [6.45, 7) is 5.39. The van der Waals surface area contributed by atoms with Gasteiger partial charge in [-0.3, -0.25) is 9.36 Å². The van der Waals surface area contributed by atoms with E-state index >= 15 is 0 Å². The van der Waals surface area contributed by atoms with Crippen LogP contribution in [-0.4, -0.2) is 70.7 Å². The summed E-state index contributed by atoms with van der Waals surface area (Å²) in [5.74, 6) is -0.334. The summed E-state index contributed by atoms with van der Waals surface area (Å²) in [6.07, 6.45) is 25.4. The van der Waals surface area contributed by atoms with Gasteiger partial charge in [0.1, 0.15) is 19.3 Å². The Labute approximate surface area is 266 Å². The summed E-state index contributed by atoms with van der Waals surface area (Å²) < 4.78 is 34.2. The van der Waals surface area contributed by atoms with Crippen LogP contribution in [0.15, 0.2) is 0 Å². The Morgan fingerprint density at radius 3 is 1.53 bits per heavy atom. The van der Waals surface area contributed by atoms with Crippen LogP contribution in [0.25, 0.3) is 0 Å². The zero-order chi connectivity index (χ0) is 32.1. The molecule has 0 amide bonds. The number of carbonyl (C=O) groups is 1. The van der Waals surface area contributed by atoms with E-state index in [-0.39, 0.29) is 25.8 Å². The molecule has 0 fully saturated rings. The predicted octanol–water partition coefficient (Wildman–Crippen LogP) is 8.74. The van der Waals surface area contributed by atoms with Crippen LogP contribution in [0.2, 0.25) is 0 Å². The molecule has 0 aromatic heterocycles. The van der Waals surface area contributed by atoms with E-state index in [0.717, 1.165) is 32.1 Å². The number of unbranched alkanes of at least 4 members (excludes halogenated alkanes) is 19. The van der Waals surface area contributed by atoms with Crippen LogP contribution in [0.1, 0.15) is 155 Å². The van der Waals surface area contributed by atoms with Crippen molar-refractivity contribution in [1.29, 1.82) is 0 Å². The molecule has 2 atom stereocenters. The summed E-state index contributed by atoms with van der Waals surface area (Å²) in [6, 6.07) is 0. The Balaban J connectivity index is 4.24. The minimum absolute atomic E-state index is 0.0304. The summed E-state index contributed by atoms with van der Waals surface area (Å²) in [4.78, 5) is 24.8. The fourth-order valence-corrected chi connectivity index (χ4v) is 5.57. The molecule has 0 saturated carbocycles. The number of phosphoric ester groups is 1. The van der Waals surface area contributed by atoms with Crippen LogP contribution in [0, 0.1) is 0 Å². The molecule has 0 N–H and O–H groups in total. The van der Waals surface area contributed by atoms with Crippen molar-refractivity contribution in [3.8, 4) is 0 Å². The maximum Gasteiger partial charge on any atom is 0.306 e. The molecular formula is C34H70NO7P. The van der Waals surface area contributed by atoms with Crippen molar-refractivity contribution >= 4 is 13.8 Å². The summed E-state index contributed by atoms with van der Waals surface area (Å²) in [7, 11) is 1.36. The quantitative estimate of drug-likeness (QED) is 0.0308. The molecule has 0 aromatic rings. The van der Waals surface area contributed by atoms with Crippen molar-refractivity contribution < 1.29 is 37.3 Å². The van der Waals surface area contributed by atoms with Crippen molar-refractivity contribution in [1.82, 2.24) is 0 Å². The molecular weight excluding hydrogens is 565 g/mol. The predicted molar refractivity (Wildman–Crippen MR) is 176 cm³/mol. The topological polar surface area (TPSA) is 94.1 Å². The van der Waals surface area contributed by atoms with E-state index < -0.39 is 13.9 Å². The summed E-state index contributed by atoms with van der Waals surface area (Å²) in [5.41, 5.74) is 0. The second kappa shape index (κ2) is 28.9. The highest BCUT2D eigenvalue weighted by molar-refractivity contribution is 7.45. The smallest absolute Gasteiger partial charge is 0.306 e. The molecule has 0 radical (unpaired) electrons. The highest BCUT2D eigenvalue weighted by Gasteiger charge is 2.20. The van der Waals surface area contributed by atoms with Crippen molar-refractivity contribution in [2.75, 3.05) is 54.1 Å². The number of esters is 1. The standard InChI is InChI=1S/C34H70NO7P/c1-6-8-10-12-14-15-16-17-18-19-20-21-23-25-27-34(36)42-33(31-39-29-26-24-22-13-11-9-7-2)32-41-43(37,38)40-30-28-35(3,4)5/h33H,6-32H2,1-5H3. The fourth-order valence-electron chi connectivity index (χ4n) is 4.84. The molecule has 0 aliphatic heterocycles.